The van der Waals surface area contributed by atoms with E-state index >= 15 is 0 Å². The monoisotopic (exact) mass is 421 g/mol. The van der Waals surface area contributed by atoms with Gasteiger partial charge in [0.25, 0.3) is 0 Å². The maximum Gasteiger partial charge on any atom is 0.352 e. The van der Waals surface area contributed by atoms with E-state index in [0.717, 1.165) is 47.2 Å². The molecule has 4 aromatic rings. The maximum atomic E-state index is 12.8. The number of nitrogens with zero attached hydrogens (tertiary/aromatic N) is 4. The molecule has 3 aromatic heterocycles. The summed E-state index contributed by atoms with van der Waals surface area (Å²) in [6.45, 7) is 4.20. The second-order valence-corrected chi connectivity index (χ2v) is 9.10. The summed E-state index contributed by atoms with van der Waals surface area (Å²) in [6, 6.07) is 7.71. The van der Waals surface area contributed by atoms with Crippen LogP contribution >= 0.6 is 11.3 Å². The second-order valence-electron chi connectivity index (χ2n) is 8.01. The molecule has 8 heteroatoms. The van der Waals surface area contributed by atoms with E-state index in [2.05, 4.69) is 29.2 Å². The fourth-order valence-corrected chi connectivity index (χ4v) is 5.52. The lowest BCUT2D eigenvalue weighted by molar-refractivity contribution is -0.117. The summed E-state index contributed by atoms with van der Waals surface area (Å²) in [6.07, 6.45) is 5.57. The third-order valence-corrected chi connectivity index (χ3v) is 6.95. The molecule has 1 N–H and O–H groups in total. The van der Waals surface area contributed by atoms with Crippen molar-refractivity contribution in [3.63, 3.8) is 0 Å². The Bertz CT molecular complexity index is 1330. The quantitative estimate of drug-likeness (QED) is 0.547. The number of anilines is 1. The molecule has 0 unspecified atom stereocenters. The lowest BCUT2D eigenvalue weighted by Crippen LogP contribution is -2.28. The van der Waals surface area contributed by atoms with Gasteiger partial charge in [0.15, 0.2) is 5.65 Å². The van der Waals surface area contributed by atoms with Crippen LogP contribution < -0.4 is 11.0 Å². The van der Waals surface area contributed by atoms with Gasteiger partial charge in [-0.25, -0.2) is 18.9 Å². The lowest BCUT2D eigenvalue weighted by Gasteiger charge is -2.17. The van der Waals surface area contributed by atoms with E-state index in [0.29, 0.717) is 11.6 Å². The normalized spacial score (nSPS) is 16.1. The van der Waals surface area contributed by atoms with Crippen LogP contribution in [0.3, 0.4) is 0 Å². The van der Waals surface area contributed by atoms with Gasteiger partial charge in [0, 0.05) is 10.6 Å². The highest BCUT2D eigenvalue weighted by atomic mass is 32.1. The first-order valence-corrected chi connectivity index (χ1v) is 11.1. The average Bonchev–Trinajstić information content (AvgIpc) is 3.25. The van der Waals surface area contributed by atoms with Gasteiger partial charge in [-0.3, -0.25) is 4.79 Å². The molecule has 0 radical (unpaired) electrons. The third kappa shape index (κ3) is 3.21. The molecule has 0 bridgehead atoms. The Morgan fingerprint density at radius 2 is 2.23 bits per heavy atom. The van der Waals surface area contributed by atoms with Gasteiger partial charge in [-0.1, -0.05) is 26.0 Å². The molecule has 0 spiro atoms. The minimum Gasteiger partial charge on any atom is -0.324 e. The standard InChI is InChI=1S/C22H23N5O2S/c1-3-14-5-4-6-15(10-14)24-18(28)11-27-22(29)26-12-23-21-19(20(26)25-27)16-8-7-13(2)9-17(16)30-21/h4-6,10,12-13H,3,7-9,11H2,1-2H3,(H,24,28)/t13-/m1/s1. The number of hydrogen-bond acceptors (Lipinski definition) is 5. The van der Waals surface area contributed by atoms with Crippen LogP contribution in [0.25, 0.3) is 15.9 Å². The molecular weight excluding hydrogens is 398 g/mol. The number of thiophene rings is 1. The number of fused-ring (bicyclic) bond motifs is 5. The average molecular weight is 422 g/mol. The molecule has 1 aliphatic rings. The van der Waals surface area contributed by atoms with E-state index in [4.69, 9.17) is 0 Å². The topological polar surface area (TPSA) is 81.3 Å². The van der Waals surface area contributed by atoms with Gasteiger partial charge in [0.2, 0.25) is 5.91 Å². The molecule has 1 aliphatic carbocycles. The fourth-order valence-electron chi connectivity index (χ4n) is 4.17. The molecule has 0 fully saturated rings. The van der Waals surface area contributed by atoms with Gasteiger partial charge in [-0.15, -0.1) is 16.4 Å². The van der Waals surface area contributed by atoms with Crippen LogP contribution in [-0.2, 0) is 30.6 Å². The summed E-state index contributed by atoms with van der Waals surface area (Å²) in [5, 5.41) is 8.36. The predicted octanol–water partition coefficient (Wildman–Crippen LogP) is 3.43. The summed E-state index contributed by atoms with van der Waals surface area (Å²) in [5.41, 5.74) is 3.38. The van der Waals surface area contributed by atoms with Crippen molar-refractivity contribution in [2.24, 2.45) is 5.92 Å². The smallest absolute Gasteiger partial charge is 0.324 e. The molecule has 1 atom stereocenters. The Kier molecular flexibility index (Phi) is 4.66. The maximum absolute atomic E-state index is 12.8. The van der Waals surface area contributed by atoms with Crippen molar-refractivity contribution in [2.45, 2.75) is 46.1 Å². The molecule has 0 saturated heterocycles. The van der Waals surface area contributed by atoms with Crippen molar-refractivity contribution >= 4 is 38.8 Å². The highest BCUT2D eigenvalue weighted by molar-refractivity contribution is 7.19. The van der Waals surface area contributed by atoms with Crippen LogP contribution in [0.4, 0.5) is 5.69 Å². The zero-order valence-electron chi connectivity index (χ0n) is 17.0. The van der Waals surface area contributed by atoms with Gasteiger partial charge in [0.1, 0.15) is 17.7 Å². The van der Waals surface area contributed by atoms with Gasteiger partial charge in [-0.2, -0.15) is 0 Å². The molecule has 0 aliphatic heterocycles. The Balaban J connectivity index is 1.49. The number of aromatic nitrogens is 4. The SMILES string of the molecule is CCc1cccc(NC(=O)Cn2nc3c4c5c(sc4ncn3c2=O)C[C@H](C)CC5)c1. The summed E-state index contributed by atoms with van der Waals surface area (Å²) < 4.78 is 2.68. The number of aryl methyl sites for hydroxylation is 2. The van der Waals surface area contributed by atoms with Gasteiger partial charge in [-0.05, 0) is 54.9 Å². The van der Waals surface area contributed by atoms with E-state index in [1.54, 1.807) is 11.3 Å². The Labute approximate surface area is 177 Å². The fraction of sp³-hybridized carbons (Fsp3) is 0.364. The second kappa shape index (κ2) is 7.36. The van der Waals surface area contributed by atoms with Crippen LogP contribution in [0.2, 0.25) is 0 Å². The van der Waals surface area contributed by atoms with Crippen molar-refractivity contribution in [3.8, 4) is 0 Å². The Morgan fingerprint density at radius 1 is 1.37 bits per heavy atom. The Hall–Kier alpha value is -3.00. The number of carbonyl (C=O) groups is 1. The van der Waals surface area contributed by atoms with Gasteiger partial charge in [0.05, 0.1) is 5.39 Å². The van der Waals surface area contributed by atoms with E-state index in [1.807, 2.05) is 24.3 Å². The van der Waals surface area contributed by atoms with Crippen molar-refractivity contribution < 1.29 is 4.79 Å². The van der Waals surface area contributed by atoms with Gasteiger partial charge < -0.3 is 5.32 Å². The molecule has 0 saturated carbocycles. The highest BCUT2D eigenvalue weighted by Gasteiger charge is 2.24. The van der Waals surface area contributed by atoms with Crippen molar-refractivity contribution in [1.82, 2.24) is 19.2 Å². The van der Waals surface area contributed by atoms with Crippen LogP contribution in [0.5, 0.6) is 0 Å². The number of amides is 1. The largest absolute Gasteiger partial charge is 0.352 e. The summed E-state index contributed by atoms with van der Waals surface area (Å²) in [4.78, 5) is 32.2. The molecule has 154 valence electrons. The van der Waals surface area contributed by atoms with E-state index in [9.17, 15) is 9.59 Å². The zero-order chi connectivity index (χ0) is 20.8. The molecular formula is C22H23N5O2S. The van der Waals surface area contributed by atoms with Crippen molar-refractivity contribution in [3.05, 3.63) is 57.1 Å². The number of rotatable bonds is 4. The summed E-state index contributed by atoms with van der Waals surface area (Å²) in [5.74, 6) is 0.385. The van der Waals surface area contributed by atoms with Crippen molar-refractivity contribution in [1.29, 1.82) is 0 Å². The first-order valence-electron chi connectivity index (χ1n) is 10.3. The van der Waals surface area contributed by atoms with Crippen LogP contribution in [0.1, 0.15) is 36.3 Å². The number of nitrogens with one attached hydrogen (secondary N) is 1. The molecule has 1 aromatic carbocycles. The minimum absolute atomic E-state index is 0.137. The Morgan fingerprint density at radius 3 is 3.07 bits per heavy atom. The van der Waals surface area contributed by atoms with E-state index < -0.39 is 0 Å². The first-order chi connectivity index (χ1) is 14.5. The first kappa shape index (κ1) is 19.0. The lowest BCUT2D eigenvalue weighted by atomic mass is 9.89. The summed E-state index contributed by atoms with van der Waals surface area (Å²) in [7, 11) is 0. The number of carbonyl (C=O) groups excluding carboxylic acids is 1. The van der Waals surface area contributed by atoms with E-state index in [1.165, 1.54) is 25.9 Å². The highest BCUT2D eigenvalue weighted by Crippen LogP contribution is 2.38. The summed E-state index contributed by atoms with van der Waals surface area (Å²) >= 11 is 1.70. The van der Waals surface area contributed by atoms with Crippen LogP contribution in [0.15, 0.2) is 35.4 Å². The van der Waals surface area contributed by atoms with Crippen molar-refractivity contribution in [2.75, 3.05) is 5.32 Å². The van der Waals surface area contributed by atoms with Crippen LogP contribution in [0, 0.1) is 5.92 Å². The molecule has 3 heterocycles. The zero-order valence-corrected chi connectivity index (χ0v) is 17.8. The third-order valence-electron chi connectivity index (χ3n) is 5.79. The molecule has 30 heavy (non-hydrogen) atoms. The molecule has 5 rings (SSSR count). The van der Waals surface area contributed by atoms with Crippen LogP contribution in [-0.4, -0.2) is 25.1 Å². The number of benzene rings is 1. The number of hydrogen-bond donors (Lipinski definition) is 1. The predicted molar refractivity (Wildman–Crippen MR) is 118 cm³/mol. The van der Waals surface area contributed by atoms with Gasteiger partial charge >= 0.3 is 5.69 Å². The van der Waals surface area contributed by atoms with E-state index in [-0.39, 0.29) is 18.1 Å². The molecule has 7 nitrogen and oxygen atoms in total. The minimum atomic E-state index is -0.346. The molecule has 1 amide bonds.